The number of sulfonamides is 1. The summed E-state index contributed by atoms with van der Waals surface area (Å²) < 4.78 is 66.2. The Morgan fingerprint density at radius 3 is 2.32 bits per heavy atom. The van der Waals surface area contributed by atoms with Crippen molar-refractivity contribution in [2.24, 2.45) is 0 Å². The van der Waals surface area contributed by atoms with Gasteiger partial charge in [-0.3, -0.25) is 4.31 Å². The first-order valence-corrected chi connectivity index (χ1v) is 8.03. The number of para-hydroxylation sites is 1. The zero-order chi connectivity index (χ0) is 16.1. The molecule has 0 aliphatic carbocycles. The average Bonchev–Trinajstić information content (AvgIpc) is 2.80. The van der Waals surface area contributed by atoms with Crippen molar-refractivity contribution < 1.29 is 21.6 Å². The van der Waals surface area contributed by atoms with Gasteiger partial charge >= 0.3 is 0 Å². The topological polar surface area (TPSA) is 37.4 Å². The molecule has 0 bridgehead atoms. The van der Waals surface area contributed by atoms with Crippen molar-refractivity contribution in [3.05, 3.63) is 59.4 Å². The van der Waals surface area contributed by atoms with Crippen LogP contribution >= 0.6 is 0 Å². The Hall–Kier alpha value is -2.02. The lowest BCUT2D eigenvalue weighted by Crippen LogP contribution is -2.35. The summed E-state index contributed by atoms with van der Waals surface area (Å²) in [5.74, 6) is -4.74. The predicted molar refractivity (Wildman–Crippen MR) is 75.6 cm³/mol. The summed E-state index contributed by atoms with van der Waals surface area (Å²) in [5.41, 5.74) is 1.31. The smallest absolute Gasteiger partial charge is 0.263 e. The van der Waals surface area contributed by atoms with E-state index < -0.39 is 38.4 Å². The Kier molecular flexibility index (Phi) is 3.40. The van der Waals surface area contributed by atoms with Gasteiger partial charge in [0.05, 0.1) is 10.6 Å². The number of halogens is 3. The fourth-order valence-corrected chi connectivity index (χ4v) is 4.42. The Labute approximate surface area is 126 Å². The fraction of sp³-hybridized carbons (Fsp3) is 0.200. The Bertz CT molecular complexity index is 829. The van der Waals surface area contributed by atoms with E-state index in [1.54, 1.807) is 31.2 Å². The zero-order valence-electron chi connectivity index (χ0n) is 11.6. The van der Waals surface area contributed by atoms with E-state index in [0.717, 1.165) is 9.87 Å². The number of benzene rings is 2. The molecule has 1 aliphatic rings. The molecule has 0 fully saturated rings. The van der Waals surface area contributed by atoms with Crippen LogP contribution < -0.4 is 4.31 Å². The monoisotopic (exact) mass is 327 g/mol. The lowest BCUT2D eigenvalue weighted by atomic mass is 10.1. The van der Waals surface area contributed by atoms with Gasteiger partial charge in [-0.25, -0.2) is 21.6 Å². The minimum Gasteiger partial charge on any atom is -0.263 e. The molecule has 3 nitrogen and oxygen atoms in total. The maximum atomic E-state index is 13.4. The summed E-state index contributed by atoms with van der Waals surface area (Å²) in [6, 6.07) is 7.52. The third-order valence-corrected chi connectivity index (χ3v) is 5.56. The second-order valence-electron chi connectivity index (χ2n) is 5.18. The zero-order valence-corrected chi connectivity index (χ0v) is 12.4. The molecule has 0 saturated heterocycles. The summed E-state index contributed by atoms with van der Waals surface area (Å²) in [7, 11) is -4.18. The molecular weight excluding hydrogens is 315 g/mol. The van der Waals surface area contributed by atoms with E-state index in [0.29, 0.717) is 24.2 Å². The van der Waals surface area contributed by atoms with Gasteiger partial charge in [-0.2, -0.15) is 0 Å². The number of hydrogen-bond acceptors (Lipinski definition) is 2. The first-order chi connectivity index (χ1) is 10.3. The van der Waals surface area contributed by atoms with Crippen molar-refractivity contribution in [1.82, 2.24) is 0 Å². The molecule has 1 unspecified atom stereocenters. The molecule has 1 aliphatic heterocycles. The Morgan fingerprint density at radius 1 is 1.09 bits per heavy atom. The second kappa shape index (κ2) is 5.01. The molecule has 2 aromatic carbocycles. The van der Waals surface area contributed by atoms with Crippen LogP contribution in [0.4, 0.5) is 18.9 Å². The van der Waals surface area contributed by atoms with Crippen LogP contribution in [0.2, 0.25) is 0 Å². The van der Waals surface area contributed by atoms with E-state index in [1.165, 1.54) is 0 Å². The average molecular weight is 327 g/mol. The molecule has 1 atom stereocenters. The molecule has 0 saturated carbocycles. The molecule has 2 aromatic rings. The van der Waals surface area contributed by atoms with Gasteiger partial charge in [-0.15, -0.1) is 0 Å². The van der Waals surface area contributed by atoms with Crippen molar-refractivity contribution >= 4 is 15.7 Å². The molecule has 0 radical (unpaired) electrons. The van der Waals surface area contributed by atoms with Gasteiger partial charge in [-0.1, -0.05) is 18.2 Å². The molecule has 116 valence electrons. The van der Waals surface area contributed by atoms with Crippen LogP contribution in [0.5, 0.6) is 0 Å². The number of anilines is 1. The highest BCUT2D eigenvalue weighted by Crippen LogP contribution is 2.36. The van der Waals surface area contributed by atoms with Crippen LogP contribution in [-0.2, 0) is 16.4 Å². The fourth-order valence-electron chi connectivity index (χ4n) is 2.70. The van der Waals surface area contributed by atoms with Gasteiger partial charge in [0, 0.05) is 6.04 Å². The van der Waals surface area contributed by atoms with Crippen LogP contribution in [0, 0.1) is 17.5 Å². The van der Waals surface area contributed by atoms with E-state index in [2.05, 4.69) is 0 Å². The van der Waals surface area contributed by atoms with Crippen LogP contribution in [0.3, 0.4) is 0 Å². The van der Waals surface area contributed by atoms with Crippen LogP contribution in [0.25, 0.3) is 0 Å². The van der Waals surface area contributed by atoms with Crippen molar-refractivity contribution in [2.75, 3.05) is 4.31 Å². The Balaban J connectivity index is 2.15. The summed E-state index contributed by atoms with van der Waals surface area (Å²) >= 11 is 0. The first kappa shape index (κ1) is 14.9. The summed E-state index contributed by atoms with van der Waals surface area (Å²) in [5, 5.41) is 0. The van der Waals surface area contributed by atoms with Crippen molar-refractivity contribution in [2.45, 2.75) is 24.3 Å². The lowest BCUT2D eigenvalue weighted by molar-refractivity contribution is 0.442. The normalized spacial score (nSPS) is 17.6. The minimum absolute atomic E-state index is 0.390. The standard InChI is InChI=1S/C15H12F3NO2S/c1-9-6-10-4-2-3-5-14(10)19(9)22(20,21)11-7-12(16)15(18)13(17)8-11/h2-5,7-9H,6H2,1H3. The van der Waals surface area contributed by atoms with Crippen molar-refractivity contribution in [1.29, 1.82) is 0 Å². The van der Waals surface area contributed by atoms with Gasteiger partial charge < -0.3 is 0 Å². The van der Waals surface area contributed by atoms with Crippen LogP contribution in [0.15, 0.2) is 41.3 Å². The maximum Gasteiger partial charge on any atom is 0.264 e. The van der Waals surface area contributed by atoms with E-state index in [9.17, 15) is 21.6 Å². The van der Waals surface area contributed by atoms with E-state index >= 15 is 0 Å². The summed E-state index contributed by atoms with van der Waals surface area (Å²) in [6.45, 7) is 1.70. The summed E-state index contributed by atoms with van der Waals surface area (Å²) in [6.07, 6.45) is 0.502. The van der Waals surface area contributed by atoms with Crippen molar-refractivity contribution in [3.63, 3.8) is 0 Å². The van der Waals surface area contributed by atoms with Gasteiger partial charge in [0.1, 0.15) is 0 Å². The Morgan fingerprint density at radius 2 is 1.68 bits per heavy atom. The minimum atomic E-state index is -4.18. The van der Waals surface area contributed by atoms with Crippen LogP contribution in [0.1, 0.15) is 12.5 Å². The quantitative estimate of drug-likeness (QED) is 0.794. The molecule has 0 aromatic heterocycles. The van der Waals surface area contributed by atoms with E-state index in [1.807, 2.05) is 0 Å². The number of nitrogens with zero attached hydrogens (tertiary/aromatic N) is 1. The van der Waals surface area contributed by atoms with Crippen LogP contribution in [-0.4, -0.2) is 14.5 Å². The van der Waals surface area contributed by atoms with E-state index in [-0.39, 0.29) is 0 Å². The predicted octanol–water partition coefficient (Wildman–Crippen LogP) is 3.24. The molecule has 0 N–H and O–H groups in total. The third-order valence-electron chi connectivity index (χ3n) is 3.66. The maximum absolute atomic E-state index is 13.4. The number of hydrogen-bond donors (Lipinski definition) is 0. The number of rotatable bonds is 2. The molecule has 22 heavy (non-hydrogen) atoms. The van der Waals surface area contributed by atoms with Gasteiger partial charge in [0.15, 0.2) is 17.5 Å². The molecule has 3 rings (SSSR count). The highest BCUT2D eigenvalue weighted by Gasteiger charge is 2.36. The molecule has 1 heterocycles. The van der Waals surface area contributed by atoms with Gasteiger partial charge in [-0.05, 0) is 37.1 Å². The molecular formula is C15H12F3NO2S. The van der Waals surface area contributed by atoms with Crippen molar-refractivity contribution in [3.8, 4) is 0 Å². The molecule has 0 amide bonds. The van der Waals surface area contributed by atoms with E-state index in [4.69, 9.17) is 0 Å². The summed E-state index contributed by atoms with van der Waals surface area (Å²) in [4.78, 5) is -0.604. The largest absolute Gasteiger partial charge is 0.264 e. The third kappa shape index (κ3) is 2.16. The number of fused-ring (bicyclic) bond motifs is 1. The SMILES string of the molecule is CC1Cc2ccccc2N1S(=O)(=O)c1cc(F)c(F)c(F)c1. The second-order valence-corrected chi connectivity index (χ2v) is 7.00. The highest BCUT2D eigenvalue weighted by atomic mass is 32.2. The molecule has 0 spiro atoms. The van der Waals surface area contributed by atoms with Gasteiger partial charge in [0.2, 0.25) is 0 Å². The van der Waals surface area contributed by atoms with Gasteiger partial charge in [0.25, 0.3) is 10.0 Å². The lowest BCUT2D eigenvalue weighted by Gasteiger charge is -2.24. The highest BCUT2D eigenvalue weighted by molar-refractivity contribution is 7.92. The first-order valence-electron chi connectivity index (χ1n) is 6.59. The molecule has 7 heteroatoms.